The molecule has 0 bridgehead atoms. The first-order chi connectivity index (χ1) is 26.8. The third-order valence-corrected chi connectivity index (χ3v) is 11.0. The fraction of sp³-hybridized carbons (Fsp3) is 0.400. The van der Waals surface area contributed by atoms with Gasteiger partial charge in [-0.15, -0.1) is 0 Å². The Kier molecular flexibility index (Phi) is 12.7. The molecule has 0 radical (unpaired) electrons. The van der Waals surface area contributed by atoms with Gasteiger partial charge in [-0.2, -0.15) is 0 Å². The molecule has 3 heterocycles. The van der Waals surface area contributed by atoms with Gasteiger partial charge in [0.05, 0.1) is 31.8 Å². The molecule has 0 saturated carbocycles. The van der Waals surface area contributed by atoms with Crippen LogP contribution in [0.25, 0.3) is 11.1 Å². The van der Waals surface area contributed by atoms with Crippen LogP contribution in [-0.4, -0.2) is 64.6 Å². The highest BCUT2D eigenvalue weighted by Gasteiger charge is 2.41. The van der Waals surface area contributed by atoms with Crippen LogP contribution in [0.5, 0.6) is 0 Å². The van der Waals surface area contributed by atoms with Crippen molar-refractivity contribution in [2.45, 2.75) is 89.7 Å². The number of nitrogens with one attached hydrogen (secondary N) is 1. The smallest absolute Gasteiger partial charge is 0.408 e. The molecule has 4 aromatic rings. The van der Waals surface area contributed by atoms with Crippen LogP contribution in [0.2, 0.25) is 0 Å². The molecule has 10 heteroatoms. The van der Waals surface area contributed by atoms with Crippen molar-refractivity contribution in [1.29, 1.82) is 0 Å². The van der Waals surface area contributed by atoms with E-state index in [-0.39, 0.29) is 50.2 Å². The van der Waals surface area contributed by atoms with Crippen LogP contribution in [0.1, 0.15) is 85.7 Å². The fourth-order valence-electron chi connectivity index (χ4n) is 7.84. The van der Waals surface area contributed by atoms with Crippen LogP contribution in [0.3, 0.4) is 0 Å². The third-order valence-electron chi connectivity index (χ3n) is 11.0. The normalized spacial score (nSPS) is 23.6. The van der Waals surface area contributed by atoms with E-state index >= 15 is 0 Å². The van der Waals surface area contributed by atoms with Gasteiger partial charge in [0.1, 0.15) is 12.6 Å². The van der Waals surface area contributed by atoms with Crippen LogP contribution in [-0.2, 0) is 43.6 Å². The molecule has 0 spiro atoms. The standard InChI is InChI=1S/C45H51N3O7/c1-31-40(28-47-22-8-3-2-4-9-23-47)54-44(55-42(31)35-20-18-32(29-49)19-21-35)38-17-11-16-37(25-38)36-15-10-14-34(24-36)27-48-41(50)26-39(43(48)51)46-45(52)53-30-33-12-6-5-7-13-33/h5-7,10-21,24-25,31,39-40,42,44,49H,2-4,8-9,22-23,26-30H2,1H3,(H,46,52). The molecule has 4 aromatic carbocycles. The molecule has 3 aliphatic rings. The van der Waals surface area contributed by atoms with E-state index < -0.39 is 24.3 Å². The average Bonchev–Trinajstić information content (AvgIpc) is 3.46. The summed E-state index contributed by atoms with van der Waals surface area (Å²) in [6, 6.07) is 32.2. The van der Waals surface area contributed by atoms with Gasteiger partial charge in [-0.25, -0.2) is 4.79 Å². The lowest BCUT2D eigenvalue weighted by Crippen LogP contribution is -2.45. The number of rotatable bonds is 11. The van der Waals surface area contributed by atoms with Gasteiger partial charge < -0.3 is 29.5 Å². The third kappa shape index (κ3) is 9.69. The topological polar surface area (TPSA) is 118 Å². The Balaban J connectivity index is 1.05. The Hall–Kier alpha value is -4.87. The summed E-state index contributed by atoms with van der Waals surface area (Å²) in [5.74, 6) is -0.703. The van der Waals surface area contributed by atoms with Crippen LogP contribution in [0, 0.1) is 5.92 Å². The number of likely N-dealkylation sites (tertiary alicyclic amines) is 2. The Morgan fingerprint density at radius 1 is 0.782 bits per heavy atom. The SMILES string of the molecule is CC1C(CN2CCCCCCC2)OC(c2cccc(-c3cccc(CN4C(=O)CC(NC(=O)OCc5ccccc5)C4=O)c3)c2)OC1c1ccc(CO)cc1. The molecular weight excluding hydrogens is 695 g/mol. The maximum Gasteiger partial charge on any atom is 0.408 e. The lowest BCUT2D eigenvalue weighted by atomic mass is 9.89. The number of imide groups is 1. The number of ether oxygens (including phenoxy) is 3. The van der Waals surface area contributed by atoms with E-state index in [1.54, 1.807) is 0 Å². The molecule has 10 nitrogen and oxygen atoms in total. The van der Waals surface area contributed by atoms with Gasteiger partial charge in [-0.3, -0.25) is 14.5 Å². The zero-order valence-corrected chi connectivity index (χ0v) is 31.5. The summed E-state index contributed by atoms with van der Waals surface area (Å²) in [6.07, 6.45) is 4.56. The minimum Gasteiger partial charge on any atom is -0.445 e. The zero-order chi connectivity index (χ0) is 38.1. The molecule has 288 valence electrons. The predicted octanol–water partition coefficient (Wildman–Crippen LogP) is 7.46. The lowest BCUT2D eigenvalue weighted by molar-refractivity contribution is -0.276. The van der Waals surface area contributed by atoms with E-state index in [0.717, 1.165) is 58.6 Å². The highest BCUT2D eigenvalue weighted by atomic mass is 16.7. The molecule has 2 N–H and O–H groups in total. The van der Waals surface area contributed by atoms with Gasteiger partial charge in [0.2, 0.25) is 5.91 Å². The molecule has 3 aliphatic heterocycles. The Bertz CT molecular complexity index is 1910. The van der Waals surface area contributed by atoms with Crippen molar-refractivity contribution < 1.29 is 33.7 Å². The first-order valence-electron chi connectivity index (χ1n) is 19.6. The van der Waals surface area contributed by atoms with E-state index in [1.807, 2.05) is 84.9 Å². The van der Waals surface area contributed by atoms with Crippen molar-refractivity contribution >= 4 is 17.9 Å². The van der Waals surface area contributed by atoms with Crippen molar-refractivity contribution in [3.05, 3.63) is 131 Å². The van der Waals surface area contributed by atoms with Gasteiger partial charge in [0.25, 0.3) is 5.91 Å². The second kappa shape index (κ2) is 18.2. The zero-order valence-electron chi connectivity index (χ0n) is 31.5. The molecule has 3 amide bonds. The van der Waals surface area contributed by atoms with E-state index in [0.29, 0.717) is 0 Å². The largest absolute Gasteiger partial charge is 0.445 e. The quantitative estimate of drug-likeness (QED) is 0.152. The summed E-state index contributed by atoms with van der Waals surface area (Å²) in [7, 11) is 0. The average molecular weight is 746 g/mol. The maximum absolute atomic E-state index is 13.3. The van der Waals surface area contributed by atoms with Gasteiger partial charge in [-0.1, -0.05) is 117 Å². The van der Waals surface area contributed by atoms with Crippen molar-refractivity contribution in [3.8, 4) is 11.1 Å². The van der Waals surface area contributed by atoms with Gasteiger partial charge in [0.15, 0.2) is 6.29 Å². The summed E-state index contributed by atoms with van der Waals surface area (Å²) in [5, 5.41) is 12.2. The van der Waals surface area contributed by atoms with Crippen molar-refractivity contribution in [2.75, 3.05) is 19.6 Å². The minimum absolute atomic E-state index is 0.00689. The predicted molar refractivity (Wildman–Crippen MR) is 208 cm³/mol. The van der Waals surface area contributed by atoms with Crippen LogP contribution in [0.4, 0.5) is 4.79 Å². The Morgan fingerprint density at radius 3 is 2.22 bits per heavy atom. The lowest BCUT2D eigenvalue weighted by Gasteiger charge is -2.43. The molecule has 0 aromatic heterocycles. The minimum atomic E-state index is -0.974. The molecule has 55 heavy (non-hydrogen) atoms. The number of alkyl carbamates (subject to hydrolysis) is 1. The summed E-state index contributed by atoms with van der Waals surface area (Å²) in [4.78, 5) is 42.4. The molecule has 3 saturated heterocycles. The first kappa shape index (κ1) is 38.4. The second-order valence-corrected chi connectivity index (χ2v) is 15.0. The highest BCUT2D eigenvalue weighted by Crippen LogP contribution is 2.42. The van der Waals surface area contributed by atoms with E-state index in [9.17, 15) is 19.5 Å². The van der Waals surface area contributed by atoms with Crippen LogP contribution < -0.4 is 5.32 Å². The second-order valence-electron chi connectivity index (χ2n) is 15.0. The number of carbonyl (C=O) groups excluding carboxylic acids is 3. The summed E-state index contributed by atoms with van der Waals surface area (Å²) in [6.45, 7) is 5.35. The van der Waals surface area contributed by atoms with Gasteiger partial charge in [0, 0.05) is 18.0 Å². The molecule has 5 unspecified atom stereocenters. The number of hydrogen-bond donors (Lipinski definition) is 2. The van der Waals surface area contributed by atoms with Gasteiger partial charge >= 0.3 is 6.09 Å². The molecule has 0 aliphatic carbocycles. The van der Waals surface area contributed by atoms with E-state index in [1.165, 1.54) is 37.0 Å². The molecular formula is C45H51N3O7. The Labute approximate surface area is 323 Å². The number of benzene rings is 4. The molecule has 7 rings (SSSR count). The first-order valence-corrected chi connectivity index (χ1v) is 19.6. The number of carbonyl (C=O) groups is 3. The van der Waals surface area contributed by atoms with Crippen LogP contribution >= 0.6 is 0 Å². The number of amides is 3. The maximum atomic E-state index is 13.3. The monoisotopic (exact) mass is 745 g/mol. The Morgan fingerprint density at radius 2 is 1.47 bits per heavy atom. The van der Waals surface area contributed by atoms with Gasteiger partial charge in [-0.05, 0) is 71.4 Å². The number of hydrogen-bond acceptors (Lipinski definition) is 8. The van der Waals surface area contributed by atoms with E-state index in [2.05, 4.69) is 35.3 Å². The van der Waals surface area contributed by atoms with Crippen molar-refractivity contribution in [1.82, 2.24) is 15.1 Å². The van der Waals surface area contributed by atoms with Crippen LogP contribution in [0.15, 0.2) is 103 Å². The van der Waals surface area contributed by atoms with E-state index in [4.69, 9.17) is 14.2 Å². The fourth-order valence-corrected chi connectivity index (χ4v) is 7.84. The summed E-state index contributed by atoms with van der Waals surface area (Å²) < 4.78 is 18.9. The summed E-state index contributed by atoms with van der Waals surface area (Å²) >= 11 is 0. The molecule has 5 atom stereocenters. The molecule has 3 fully saturated rings. The number of aliphatic hydroxyl groups is 1. The highest BCUT2D eigenvalue weighted by molar-refractivity contribution is 6.06. The summed E-state index contributed by atoms with van der Waals surface area (Å²) in [5.41, 5.74) is 6.32. The number of aliphatic hydroxyl groups excluding tert-OH is 1. The van der Waals surface area contributed by atoms with Crippen molar-refractivity contribution in [2.24, 2.45) is 5.92 Å². The number of nitrogens with zero attached hydrogens (tertiary/aromatic N) is 2. The van der Waals surface area contributed by atoms with Crippen molar-refractivity contribution in [3.63, 3.8) is 0 Å².